The second kappa shape index (κ2) is 8.51. The van der Waals surface area contributed by atoms with Gasteiger partial charge in [0.1, 0.15) is 5.82 Å². The van der Waals surface area contributed by atoms with E-state index in [0.717, 1.165) is 11.8 Å². The van der Waals surface area contributed by atoms with E-state index in [1.807, 2.05) is 37.3 Å². The summed E-state index contributed by atoms with van der Waals surface area (Å²) in [6.07, 6.45) is 2.73. The van der Waals surface area contributed by atoms with E-state index in [1.165, 1.54) is 28.9 Å². The van der Waals surface area contributed by atoms with Crippen molar-refractivity contribution in [1.82, 2.24) is 9.78 Å². The molecule has 4 aromatic rings. The van der Waals surface area contributed by atoms with Crippen LogP contribution in [0.15, 0.2) is 94.7 Å². The highest BCUT2D eigenvalue weighted by Gasteiger charge is 2.19. The monoisotopic (exact) mass is 448 g/mol. The molecular weight excluding hydrogens is 427 g/mol. The van der Waals surface area contributed by atoms with Crippen molar-refractivity contribution < 1.29 is 12.8 Å². The number of halogens is 1. The third-order valence-corrected chi connectivity index (χ3v) is 6.51. The Labute approximate surface area is 185 Å². The van der Waals surface area contributed by atoms with E-state index in [9.17, 15) is 17.6 Å². The molecule has 0 aliphatic heterocycles. The molecule has 0 saturated heterocycles. The van der Waals surface area contributed by atoms with E-state index in [-0.39, 0.29) is 16.5 Å². The van der Waals surface area contributed by atoms with Gasteiger partial charge in [0.2, 0.25) is 0 Å². The van der Waals surface area contributed by atoms with Crippen LogP contribution in [0, 0.1) is 5.82 Å². The lowest BCUT2D eigenvalue weighted by molar-refractivity contribution is 0.533. The van der Waals surface area contributed by atoms with Gasteiger partial charge in [-0.15, -0.1) is 0 Å². The number of nitrogens with zero attached hydrogens (tertiary/aromatic N) is 2. The minimum absolute atomic E-state index is 0.184. The summed E-state index contributed by atoms with van der Waals surface area (Å²) < 4.78 is 38.6. The van der Waals surface area contributed by atoms with Crippen molar-refractivity contribution in [2.75, 3.05) is 6.26 Å². The van der Waals surface area contributed by atoms with Gasteiger partial charge in [-0.05, 0) is 47.9 Å². The zero-order valence-corrected chi connectivity index (χ0v) is 18.4. The number of sulfone groups is 1. The van der Waals surface area contributed by atoms with Crippen LogP contribution in [0.4, 0.5) is 4.39 Å². The fourth-order valence-corrected chi connectivity index (χ4v) is 4.24. The van der Waals surface area contributed by atoms with Crippen molar-refractivity contribution in [1.29, 1.82) is 0 Å². The molecule has 0 saturated carbocycles. The van der Waals surface area contributed by atoms with Crippen LogP contribution in [0.3, 0.4) is 0 Å². The highest BCUT2D eigenvalue weighted by Crippen LogP contribution is 2.30. The highest BCUT2D eigenvalue weighted by molar-refractivity contribution is 7.90. The van der Waals surface area contributed by atoms with Crippen molar-refractivity contribution in [2.24, 2.45) is 0 Å². The predicted octanol–water partition coefficient (Wildman–Crippen LogP) is 4.73. The largest absolute Gasteiger partial charge is 0.275 e. The number of benzene rings is 3. The molecule has 32 heavy (non-hydrogen) atoms. The van der Waals surface area contributed by atoms with Crippen LogP contribution >= 0.6 is 0 Å². The Bertz CT molecular complexity index is 1410. The minimum Gasteiger partial charge on any atom is -0.267 e. The molecular formula is C25H21FN2O3S. The molecule has 0 aliphatic carbocycles. The molecule has 0 spiro atoms. The number of rotatable bonds is 5. The third kappa shape index (κ3) is 4.24. The first-order valence-corrected chi connectivity index (χ1v) is 11.9. The zero-order chi connectivity index (χ0) is 22.9. The van der Waals surface area contributed by atoms with Gasteiger partial charge in [-0.3, -0.25) is 4.79 Å². The van der Waals surface area contributed by atoms with E-state index in [2.05, 4.69) is 5.10 Å². The lowest BCUT2D eigenvalue weighted by Crippen LogP contribution is -2.28. The van der Waals surface area contributed by atoms with E-state index in [4.69, 9.17) is 0 Å². The molecule has 0 bridgehead atoms. The molecule has 1 heterocycles. The van der Waals surface area contributed by atoms with Crippen LogP contribution in [0.1, 0.15) is 18.5 Å². The summed E-state index contributed by atoms with van der Waals surface area (Å²) in [6, 6.07) is 21.2. The van der Waals surface area contributed by atoms with Crippen LogP contribution < -0.4 is 5.56 Å². The van der Waals surface area contributed by atoms with E-state index >= 15 is 0 Å². The van der Waals surface area contributed by atoms with Crippen LogP contribution in [-0.2, 0) is 9.84 Å². The smallest absolute Gasteiger partial charge is 0.267 e. The molecule has 0 N–H and O–H groups in total. The second-order valence-electron chi connectivity index (χ2n) is 7.57. The Morgan fingerprint density at radius 1 is 0.875 bits per heavy atom. The standard InChI is InChI=1S/C25H21FN2O3S/c1-17(18-6-4-3-5-7-18)28-25(29)24(20-8-12-21(26)13-9-20)23(16-27-28)19-10-14-22(15-11-19)32(2,30)31/h3-17H,1-2H3. The molecule has 5 nitrogen and oxygen atoms in total. The Morgan fingerprint density at radius 3 is 2.06 bits per heavy atom. The topological polar surface area (TPSA) is 69.0 Å². The van der Waals surface area contributed by atoms with Crippen molar-refractivity contribution >= 4 is 9.84 Å². The SMILES string of the molecule is CC(c1ccccc1)n1ncc(-c2ccc(S(C)(=O)=O)cc2)c(-c2ccc(F)cc2)c1=O. The van der Waals surface area contributed by atoms with Crippen molar-refractivity contribution in [3.05, 3.63) is 107 Å². The Kier molecular flexibility index (Phi) is 5.76. The molecule has 1 unspecified atom stereocenters. The summed E-state index contributed by atoms with van der Waals surface area (Å²) in [5, 5.41) is 4.42. The third-order valence-electron chi connectivity index (χ3n) is 5.38. The van der Waals surface area contributed by atoms with Crippen LogP contribution in [-0.4, -0.2) is 24.5 Å². The van der Waals surface area contributed by atoms with Gasteiger partial charge in [0.15, 0.2) is 9.84 Å². The fraction of sp³-hybridized carbons (Fsp3) is 0.120. The molecule has 0 amide bonds. The molecule has 0 fully saturated rings. The Balaban J connectivity index is 1.91. The second-order valence-corrected chi connectivity index (χ2v) is 9.59. The summed E-state index contributed by atoms with van der Waals surface area (Å²) in [5.41, 5.74) is 2.71. The summed E-state index contributed by atoms with van der Waals surface area (Å²) >= 11 is 0. The molecule has 7 heteroatoms. The quantitative estimate of drug-likeness (QED) is 0.443. The van der Waals surface area contributed by atoms with Gasteiger partial charge in [0.05, 0.1) is 22.7 Å². The molecule has 0 radical (unpaired) electrons. The first kappa shape index (κ1) is 21.6. The number of hydrogen-bond donors (Lipinski definition) is 0. The molecule has 1 aromatic heterocycles. The molecule has 4 rings (SSSR count). The van der Waals surface area contributed by atoms with Gasteiger partial charge in [0, 0.05) is 11.8 Å². The average Bonchev–Trinajstić information content (AvgIpc) is 2.79. The summed E-state index contributed by atoms with van der Waals surface area (Å²) in [5.74, 6) is -0.403. The summed E-state index contributed by atoms with van der Waals surface area (Å²) in [6.45, 7) is 1.89. The maximum Gasteiger partial charge on any atom is 0.275 e. The molecule has 162 valence electrons. The fourth-order valence-electron chi connectivity index (χ4n) is 3.61. The molecule has 1 atom stereocenters. The maximum atomic E-state index is 13.6. The average molecular weight is 449 g/mol. The number of hydrogen-bond acceptors (Lipinski definition) is 4. The van der Waals surface area contributed by atoms with Gasteiger partial charge < -0.3 is 0 Å². The Hall–Kier alpha value is -3.58. The van der Waals surface area contributed by atoms with Gasteiger partial charge in [0.25, 0.3) is 5.56 Å². The first-order valence-electron chi connectivity index (χ1n) is 9.99. The predicted molar refractivity (Wildman–Crippen MR) is 123 cm³/mol. The minimum atomic E-state index is -3.35. The maximum absolute atomic E-state index is 13.6. The van der Waals surface area contributed by atoms with Crippen molar-refractivity contribution in [3.63, 3.8) is 0 Å². The first-order chi connectivity index (χ1) is 15.3. The summed E-state index contributed by atoms with van der Waals surface area (Å²) in [7, 11) is -3.35. The van der Waals surface area contributed by atoms with Crippen LogP contribution in [0.2, 0.25) is 0 Å². The number of aromatic nitrogens is 2. The molecule has 0 aliphatic rings. The van der Waals surface area contributed by atoms with Crippen molar-refractivity contribution in [2.45, 2.75) is 17.9 Å². The van der Waals surface area contributed by atoms with Gasteiger partial charge in [-0.25, -0.2) is 17.5 Å². The van der Waals surface area contributed by atoms with Gasteiger partial charge >= 0.3 is 0 Å². The van der Waals surface area contributed by atoms with E-state index in [1.54, 1.807) is 30.5 Å². The normalized spacial score (nSPS) is 12.5. The molecule has 3 aromatic carbocycles. The lowest BCUT2D eigenvalue weighted by atomic mass is 9.97. The summed E-state index contributed by atoms with van der Waals surface area (Å²) in [4.78, 5) is 13.8. The van der Waals surface area contributed by atoms with Crippen LogP contribution in [0.5, 0.6) is 0 Å². The van der Waals surface area contributed by atoms with Gasteiger partial charge in [-0.2, -0.15) is 5.10 Å². The van der Waals surface area contributed by atoms with E-state index < -0.39 is 15.7 Å². The zero-order valence-electron chi connectivity index (χ0n) is 17.6. The highest BCUT2D eigenvalue weighted by atomic mass is 32.2. The van der Waals surface area contributed by atoms with Gasteiger partial charge in [-0.1, -0.05) is 54.6 Å². The lowest BCUT2D eigenvalue weighted by Gasteiger charge is -2.18. The van der Waals surface area contributed by atoms with Crippen LogP contribution in [0.25, 0.3) is 22.3 Å². The van der Waals surface area contributed by atoms with E-state index in [0.29, 0.717) is 22.3 Å². The Morgan fingerprint density at radius 2 is 1.47 bits per heavy atom. The van der Waals surface area contributed by atoms with Crippen molar-refractivity contribution in [3.8, 4) is 22.3 Å².